The first-order valence-corrected chi connectivity index (χ1v) is 10.4. The number of fused-ring (bicyclic) bond motifs is 1. The first kappa shape index (κ1) is 20.3. The van der Waals surface area contributed by atoms with Crippen LogP contribution in [0, 0.1) is 18.8 Å². The van der Waals surface area contributed by atoms with E-state index in [0.29, 0.717) is 11.8 Å². The molecule has 1 saturated heterocycles. The van der Waals surface area contributed by atoms with E-state index in [4.69, 9.17) is 4.42 Å². The molecule has 0 bridgehead atoms. The zero-order valence-electron chi connectivity index (χ0n) is 17.3. The number of rotatable bonds is 6. The Kier molecular flexibility index (Phi) is 5.65. The maximum absolute atomic E-state index is 12.5. The van der Waals surface area contributed by atoms with Gasteiger partial charge in [0.15, 0.2) is 0 Å². The molecule has 8 heteroatoms. The van der Waals surface area contributed by atoms with E-state index in [2.05, 4.69) is 10.2 Å². The Morgan fingerprint density at radius 1 is 1.10 bits per heavy atom. The van der Waals surface area contributed by atoms with Crippen molar-refractivity contribution in [2.75, 3.05) is 13.6 Å². The first-order valence-electron chi connectivity index (χ1n) is 10.4. The van der Waals surface area contributed by atoms with Crippen molar-refractivity contribution in [2.45, 2.75) is 45.6 Å². The van der Waals surface area contributed by atoms with Gasteiger partial charge in [-0.1, -0.05) is 30.5 Å². The number of amides is 3. The van der Waals surface area contributed by atoms with E-state index in [1.54, 1.807) is 7.05 Å². The zero-order valence-corrected chi connectivity index (χ0v) is 17.3. The molecule has 0 N–H and O–H groups in total. The third kappa shape index (κ3) is 3.99. The lowest BCUT2D eigenvalue weighted by Crippen LogP contribution is -2.36. The third-order valence-electron chi connectivity index (χ3n) is 6.05. The fourth-order valence-corrected chi connectivity index (χ4v) is 4.27. The van der Waals surface area contributed by atoms with Gasteiger partial charge in [-0.3, -0.25) is 19.3 Å². The molecule has 1 aliphatic heterocycles. The molecule has 1 aromatic heterocycles. The lowest BCUT2D eigenvalue weighted by atomic mass is 9.81. The molecule has 3 amide bonds. The van der Waals surface area contributed by atoms with Gasteiger partial charge < -0.3 is 9.32 Å². The highest BCUT2D eigenvalue weighted by Crippen LogP contribution is 2.38. The molecule has 2 heterocycles. The summed E-state index contributed by atoms with van der Waals surface area (Å²) in [4.78, 5) is 40.4. The van der Waals surface area contributed by atoms with Gasteiger partial charge in [-0.15, -0.1) is 10.2 Å². The molecule has 2 aromatic rings. The Hall–Kier alpha value is -3.03. The van der Waals surface area contributed by atoms with E-state index in [9.17, 15) is 14.4 Å². The number of aryl methyl sites for hydroxylation is 1. The number of benzene rings is 1. The number of carbonyl (C=O) groups is 3. The maximum Gasteiger partial charge on any atom is 0.247 e. The average Bonchev–Trinajstić information content (AvgIpc) is 3.30. The number of nitrogens with zero attached hydrogens (tertiary/aromatic N) is 4. The van der Waals surface area contributed by atoms with Gasteiger partial charge in [-0.2, -0.15) is 0 Å². The van der Waals surface area contributed by atoms with Crippen LogP contribution in [0.4, 0.5) is 0 Å². The van der Waals surface area contributed by atoms with Crippen molar-refractivity contribution < 1.29 is 18.8 Å². The summed E-state index contributed by atoms with van der Waals surface area (Å²) in [6.45, 7) is 2.30. The summed E-state index contributed by atoms with van der Waals surface area (Å²) < 4.78 is 5.67. The molecule has 0 unspecified atom stereocenters. The Bertz CT molecular complexity index is 928. The number of imide groups is 1. The van der Waals surface area contributed by atoms with Gasteiger partial charge in [0.05, 0.1) is 18.4 Å². The van der Waals surface area contributed by atoms with Crippen LogP contribution in [0.2, 0.25) is 0 Å². The van der Waals surface area contributed by atoms with Crippen LogP contribution in [0.25, 0.3) is 11.5 Å². The summed E-state index contributed by atoms with van der Waals surface area (Å²) >= 11 is 0. The van der Waals surface area contributed by atoms with Crippen LogP contribution in [0.15, 0.2) is 28.7 Å². The number of aromatic nitrogens is 2. The van der Waals surface area contributed by atoms with E-state index in [1.807, 2.05) is 31.2 Å². The monoisotopic (exact) mass is 410 g/mol. The molecule has 158 valence electrons. The van der Waals surface area contributed by atoms with E-state index >= 15 is 0 Å². The minimum atomic E-state index is -0.183. The molecule has 0 radical (unpaired) electrons. The van der Waals surface area contributed by atoms with E-state index in [1.165, 1.54) is 9.80 Å². The standard InChI is InChI=1S/C22H26N4O4/c1-14-7-9-15(10-8-14)20-24-23-18(30-20)13-25(2)19(27)11-12-26-21(28)16-5-3-4-6-17(16)22(26)29/h7-10,16-17H,3-6,11-13H2,1-2H3/t16-,17-/m1/s1. The van der Waals surface area contributed by atoms with E-state index < -0.39 is 0 Å². The molecule has 2 fully saturated rings. The minimum Gasteiger partial charge on any atom is -0.419 e. The molecular formula is C22H26N4O4. The molecule has 1 aromatic carbocycles. The third-order valence-corrected chi connectivity index (χ3v) is 6.05. The largest absolute Gasteiger partial charge is 0.419 e. The van der Waals surface area contributed by atoms with Crippen LogP contribution in [-0.2, 0) is 20.9 Å². The maximum atomic E-state index is 12.5. The van der Waals surface area contributed by atoms with Crippen molar-refractivity contribution in [1.82, 2.24) is 20.0 Å². The quantitative estimate of drug-likeness (QED) is 0.679. The highest BCUT2D eigenvalue weighted by molar-refractivity contribution is 6.05. The molecule has 0 spiro atoms. The van der Waals surface area contributed by atoms with Gasteiger partial charge in [0.2, 0.25) is 29.5 Å². The van der Waals surface area contributed by atoms with Crippen molar-refractivity contribution in [3.05, 3.63) is 35.7 Å². The first-order chi connectivity index (χ1) is 14.4. The van der Waals surface area contributed by atoms with Gasteiger partial charge in [0.25, 0.3) is 0 Å². The Balaban J connectivity index is 1.32. The van der Waals surface area contributed by atoms with Crippen molar-refractivity contribution in [3.8, 4) is 11.5 Å². The second-order valence-electron chi connectivity index (χ2n) is 8.19. The molecule has 1 saturated carbocycles. The molecule has 1 aliphatic carbocycles. The van der Waals surface area contributed by atoms with E-state index in [0.717, 1.165) is 36.8 Å². The topological polar surface area (TPSA) is 96.6 Å². The predicted octanol–water partition coefficient (Wildman–Crippen LogP) is 2.57. The van der Waals surface area contributed by atoms with Crippen LogP contribution in [-0.4, -0.2) is 51.3 Å². The Morgan fingerprint density at radius 3 is 2.37 bits per heavy atom. The highest BCUT2D eigenvalue weighted by Gasteiger charge is 2.47. The Morgan fingerprint density at radius 2 is 1.73 bits per heavy atom. The second kappa shape index (κ2) is 8.38. The number of hydrogen-bond acceptors (Lipinski definition) is 6. The van der Waals surface area contributed by atoms with Gasteiger partial charge in [0, 0.05) is 25.6 Å². The molecule has 2 atom stereocenters. The molecule has 2 aliphatic rings. The highest BCUT2D eigenvalue weighted by atomic mass is 16.4. The number of carbonyl (C=O) groups excluding carboxylic acids is 3. The SMILES string of the molecule is Cc1ccc(-c2nnc(CN(C)C(=O)CCN3C(=O)[C@@H]4CCCC[C@H]4C3=O)o2)cc1. The van der Waals surface area contributed by atoms with Crippen LogP contribution in [0.3, 0.4) is 0 Å². The summed E-state index contributed by atoms with van der Waals surface area (Å²) in [5, 5.41) is 8.07. The number of hydrogen-bond donors (Lipinski definition) is 0. The van der Waals surface area contributed by atoms with Crippen LogP contribution >= 0.6 is 0 Å². The lowest BCUT2D eigenvalue weighted by molar-refractivity contribution is -0.140. The van der Waals surface area contributed by atoms with Crippen LogP contribution in [0.1, 0.15) is 43.6 Å². The van der Waals surface area contributed by atoms with Crippen molar-refractivity contribution in [2.24, 2.45) is 11.8 Å². The molecule has 30 heavy (non-hydrogen) atoms. The summed E-state index contributed by atoms with van der Waals surface area (Å²) in [6, 6.07) is 7.74. The van der Waals surface area contributed by atoms with Crippen LogP contribution < -0.4 is 0 Å². The van der Waals surface area contributed by atoms with Gasteiger partial charge >= 0.3 is 0 Å². The smallest absolute Gasteiger partial charge is 0.247 e. The summed E-state index contributed by atoms with van der Waals surface area (Å²) in [7, 11) is 1.64. The fourth-order valence-electron chi connectivity index (χ4n) is 4.27. The minimum absolute atomic E-state index is 0.0897. The van der Waals surface area contributed by atoms with Gasteiger partial charge in [0.1, 0.15) is 0 Å². The molecule has 4 rings (SSSR count). The van der Waals surface area contributed by atoms with E-state index in [-0.39, 0.29) is 49.1 Å². The summed E-state index contributed by atoms with van der Waals surface area (Å²) in [5.74, 6) is -0.0297. The van der Waals surface area contributed by atoms with Crippen molar-refractivity contribution in [1.29, 1.82) is 0 Å². The summed E-state index contributed by atoms with van der Waals surface area (Å²) in [5.41, 5.74) is 1.96. The van der Waals surface area contributed by atoms with Crippen molar-refractivity contribution >= 4 is 17.7 Å². The Labute approximate surface area is 175 Å². The molecule has 8 nitrogen and oxygen atoms in total. The molecular weight excluding hydrogens is 384 g/mol. The zero-order chi connectivity index (χ0) is 21.3. The number of likely N-dealkylation sites (tertiary alicyclic amines) is 1. The average molecular weight is 410 g/mol. The lowest BCUT2D eigenvalue weighted by Gasteiger charge is -2.19. The fraction of sp³-hybridized carbons (Fsp3) is 0.500. The second-order valence-corrected chi connectivity index (χ2v) is 8.19. The van der Waals surface area contributed by atoms with Crippen LogP contribution in [0.5, 0.6) is 0 Å². The van der Waals surface area contributed by atoms with Gasteiger partial charge in [-0.05, 0) is 31.9 Å². The normalized spacial score (nSPS) is 21.1. The predicted molar refractivity (Wildman–Crippen MR) is 108 cm³/mol. The van der Waals surface area contributed by atoms with Gasteiger partial charge in [-0.25, -0.2) is 0 Å². The summed E-state index contributed by atoms with van der Waals surface area (Å²) in [6.07, 6.45) is 3.63. The van der Waals surface area contributed by atoms with Crippen molar-refractivity contribution in [3.63, 3.8) is 0 Å².